The van der Waals surface area contributed by atoms with Crippen LogP contribution in [-0.4, -0.2) is 32.7 Å². The maximum atomic E-state index is 13.2. The smallest absolute Gasteiger partial charge is 0.273 e. The fourth-order valence-electron chi connectivity index (χ4n) is 3.93. The zero-order valence-electron chi connectivity index (χ0n) is 16.3. The van der Waals surface area contributed by atoms with Crippen molar-refractivity contribution in [1.29, 1.82) is 0 Å². The molecule has 0 spiro atoms. The highest BCUT2D eigenvalue weighted by Crippen LogP contribution is 2.44. The third kappa shape index (κ3) is 3.07. The molecule has 5 nitrogen and oxygen atoms in total. The van der Waals surface area contributed by atoms with Crippen LogP contribution >= 0.6 is 0 Å². The largest absolute Gasteiger partial charge is 0.507 e. The molecule has 0 saturated heterocycles. The van der Waals surface area contributed by atoms with Gasteiger partial charge in [0, 0.05) is 17.7 Å². The van der Waals surface area contributed by atoms with Crippen LogP contribution in [0.4, 0.5) is 0 Å². The molecule has 1 aromatic heterocycles. The van der Waals surface area contributed by atoms with Gasteiger partial charge in [-0.25, -0.2) is 0 Å². The Labute approximate surface area is 165 Å². The molecular formula is C23H25N3O2. The van der Waals surface area contributed by atoms with Crippen LogP contribution in [0.3, 0.4) is 0 Å². The summed E-state index contributed by atoms with van der Waals surface area (Å²) >= 11 is 0. The van der Waals surface area contributed by atoms with Crippen molar-refractivity contribution in [2.45, 2.75) is 39.2 Å². The number of aromatic nitrogens is 2. The monoisotopic (exact) mass is 375 g/mol. The van der Waals surface area contributed by atoms with E-state index < -0.39 is 0 Å². The highest BCUT2D eigenvalue weighted by molar-refractivity contribution is 6.00. The van der Waals surface area contributed by atoms with Gasteiger partial charge in [-0.3, -0.25) is 9.89 Å². The minimum Gasteiger partial charge on any atom is -0.507 e. The summed E-state index contributed by atoms with van der Waals surface area (Å²) in [5.41, 5.74) is 4.91. The lowest BCUT2D eigenvalue weighted by Gasteiger charge is -2.26. The van der Waals surface area contributed by atoms with Crippen LogP contribution in [0.15, 0.2) is 48.5 Å². The number of fused-ring (bicyclic) bond motifs is 1. The van der Waals surface area contributed by atoms with E-state index in [1.807, 2.05) is 17.0 Å². The van der Waals surface area contributed by atoms with Crippen molar-refractivity contribution in [2.75, 3.05) is 6.54 Å². The Bertz CT molecular complexity index is 991. The zero-order chi connectivity index (χ0) is 19.7. The first-order valence-electron chi connectivity index (χ1n) is 9.86. The Kier molecular flexibility index (Phi) is 4.90. The third-order valence-electron chi connectivity index (χ3n) is 5.42. The topological polar surface area (TPSA) is 69.2 Å². The Balaban J connectivity index is 1.83. The molecular weight excluding hydrogens is 350 g/mol. The zero-order valence-corrected chi connectivity index (χ0v) is 16.3. The van der Waals surface area contributed by atoms with E-state index in [1.165, 1.54) is 5.56 Å². The minimum atomic E-state index is -0.201. The number of unbranched alkanes of at least 4 members (excludes halogenated alkanes) is 2. The van der Waals surface area contributed by atoms with Crippen LogP contribution in [-0.2, 0) is 0 Å². The number of rotatable bonds is 6. The molecule has 1 unspecified atom stereocenters. The summed E-state index contributed by atoms with van der Waals surface area (Å²) < 4.78 is 0. The molecule has 0 bridgehead atoms. The van der Waals surface area contributed by atoms with E-state index in [2.05, 4.69) is 48.3 Å². The molecule has 5 heteroatoms. The van der Waals surface area contributed by atoms with Crippen LogP contribution in [0.5, 0.6) is 5.75 Å². The van der Waals surface area contributed by atoms with Gasteiger partial charge in [-0.2, -0.15) is 5.10 Å². The van der Waals surface area contributed by atoms with E-state index >= 15 is 0 Å². The summed E-state index contributed by atoms with van der Waals surface area (Å²) in [6.45, 7) is 4.92. The average Bonchev–Trinajstić information content (AvgIpc) is 3.23. The Morgan fingerprint density at radius 3 is 2.57 bits per heavy atom. The highest BCUT2D eigenvalue weighted by Gasteiger charge is 2.42. The van der Waals surface area contributed by atoms with Crippen molar-refractivity contribution in [3.05, 3.63) is 70.9 Å². The van der Waals surface area contributed by atoms with Crippen LogP contribution in [0.1, 0.15) is 59.4 Å². The number of para-hydroxylation sites is 1. The molecule has 2 aromatic carbocycles. The number of carbonyl (C=O) groups excluding carboxylic acids is 1. The van der Waals surface area contributed by atoms with Gasteiger partial charge in [-0.15, -0.1) is 0 Å². The molecule has 1 aliphatic heterocycles. The van der Waals surface area contributed by atoms with E-state index in [4.69, 9.17) is 0 Å². The number of benzene rings is 2. The molecule has 1 aliphatic rings. The molecule has 0 fully saturated rings. The number of nitrogens with one attached hydrogen (secondary N) is 1. The van der Waals surface area contributed by atoms with E-state index in [-0.39, 0.29) is 17.7 Å². The normalized spacial score (nSPS) is 15.9. The van der Waals surface area contributed by atoms with Gasteiger partial charge in [0.2, 0.25) is 0 Å². The van der Waals surface area contributed by atoms with E-state index in [9.17, 15) is 9.90 Å². The number of aryl methyl sites for hydroxylation is 1. The van der Waals surface area contributed by atoms with Crippen LogP contribution in [0.2, 0.25) is 0 Å². The molecule has 2 heterocycles. The molecule has 0 aliphatic carbocycles. The lowest BCUT2D eigenvalue weighted by Crippen LogP contribution is -2.30. The Morgan fingerprint density at radius 2 is 1.86 bits per heavy atom. The van der Waals surface area contributed by atoms with Crippen molar-refractivity contribution in [1.82, 2.24) is 15.1 Å². The van der Waals surface area contributed by atoms with E-state index in [0.29, 0.717) is 23.5 Å². The second-order valence-electron chi connectivity index (χ2n) is 7.40. The van der Waals surface area contributed by atoms with Crippen LogP contribution in [0, 0.1) is 6.92 Å². The first kappa shape index (κ1) is 18.3. The van der Waals surface area contributed by atoms with Gasteiger partial charge in [-0.1, -0.05) is 61.7 Å². The Morgan fingerprint density at radius 1 is 1.11 bits per heavy atom. The average molecular weight is 375 g/mol. The number of hydrogen-bond donors (Lipinski definition) is 2. The summed E-state index contributed by atoms with van der Waals surface area (Å²) in [4.78, 5) is 15.1. The van der Waals surface area contributed by atoms with Gasteiger partial charge in [0.25, 0.3) is 5.91 Å². The van der Waals surface area contributed by atoms with Gasteiger partial charge >= 0.3 is 0 Å². The van der Waals surface area contributed by atoms with Gasteiger partial charge in [0.05, 0.1) is 6.04 Å². The fourth-order valence-corrected chi connectivity index (χ4v) is 3.93. The molecule has 0 saturated carbocycles. The Hall–Kier alpha value is -3.08. The van der Waals surface area contributed by atoms with Crippen molar-refractivity contribution < 1.29 is 9.90 Å². The van der Waals surface area contributed by atoms with Crippen LogP contribution in [0.25, 0.3) is 11.3 Å². The summed E-state index contributed by atoms with van der Waals surface area (Å²) in [6.07, 6.45) is 3.16. The highest BCUT2D eigenvalue weighted by atomic mass is 16.3. The quantitative estimate of drug-likeness (QED) is 0.607. The summed E-state index contributed by atoms with van der Waals surface area (Å²) in [5, 5.41) is 17.7. The van der Waals surface area contributed by atoms with Crippen molar-refractivity contribution in [2.24, 2.45) is 0 Å². The maximum Gasteiger partial charge on any atom is 0.273 e. The summed E-state index contributed by atoms with van der Waals surface area (Å²) in [7, 11) is 0. The molecule has 4 rings (SSSR count). The number of carbonyl (C=O) groups is 1. The summed E-state index contributed by atoms with van der Waals surface area (Å²) in [5.74, 6) is 0.141. The lowest BCUT2D eigenvalue weighted by molar-refractivity contribution is 0.0740. The molecule has 1 amide bonds. The van der Waals surface area contributed by atoms with Gasteiger partial charge in [0.15, 0.2) is 0 Å². The first-order chi connectivity index (χ1) is 13.6. The van der Waals surface area contributed by atoms with E-state index in [1.54, 1.807) is 12.1 Å². The number of phenols is 1. The number of H-pyrrole nitrogens is 1. The van der Waals surface area contributed by atoms with Crippen LogP contribution < -0.4 is 0 Å². The second-order valence-corrected chi connectivity index (χ2v) is 7.40. The van der Waals surface area contributed by atoms with Gasteiger partial charge < -0.3 is 10.0 Å². The molecule has 3 aromatic rings. The summed E-state index contributed by atoms with van der Waals surface area (Å²) in [6, 6.07) is 15.2. The second kappa shape index (κ2) is 7.50. The number of hydrogen-bond acceptors (Lipinski definition) is 3. The minimum absolute atomic E-state index is 0.0224. The maximum absolute atomic E-state index is 13.2. The number of nitrogens with zero attached hydrogens (tertiary/aromatic N) is 2. The van der Waals surface area contributed by atoms with Gasteiger partial charge in [-0.05, 0) is 31.0 Å². The fraction of sp³-hybridized carbons (Fsp3) is 0.304. The van der Waals surface area contributed by atoms with Crippen molar-refractivity contribution in [3.8, 4) is 17.0 Å². The predicted molar refractivity (Wildman–Crippen MR) is 109 cm³/mol. The molecule has 1 atom stereocenters. The third-order valence-corrected chi connectivity index (χ3v) is 5.42. The predicted octanol–water partition coefficient (Wildman–Crippen LogP) is 4.83. The lowest BCUT2D eigenvalue weighted by atomic mass is 9.95. The SMILES string of the molecule is CCCCCN1C(=O)c2[nH]nc(-c3ccccc3O)c2C1c1ccc(C)cc1. The molecule has 144 valence electrons. The van der Waals surface area contributed by atoms with Crippen molar-refractivity contribution >= 4 is 5.91 Å². The first-order valence-corrected chi connectivity index (χ1v) is 9.86. The number of phenolic OH excluding ortho intramolecular Hbond substituents is 1. The van der Waals surface area contributed by atoms with E-state index in [0.717, 1.165) is 30.4 Å². The van der Waals surface area contributed by atoms with Crippen molar-refractivity contribution in [3.63, 3.8) is 0 Å². The molecule has 2 N–H and O–H groups in total. The number of aromatic hydroxyl groups is 1. The van der Waals surface area contributed by atoms with Gasteiger partial charge in [0.1, 0.15) is 17.1 Å². The number of amides is 1. The number of aromatic amines is 1. The molecule has 0 radical (unpaired) electrons. The molecule has 28 heavy (non-hydrogen) atoms. The standard InChI is InChI=1S/C23H25N3O2/c1-3-4-7-14-26-22(16-12-10-15(2)11-13-16)19-20(24-25-21(19)23(26)28)17-8-5-6-9-18(17)27/h5-6,8-13,22,27H,3-4,7,14H2,1-2H3,(H,24,25).